The molecule has 2 aliphatic heterocycles. The number of anilines is 1. The largest absolute Gasteiger partial charge is 0.468 e. The number of halogens is 1. The van der Waals surface area contributed by atoms with Gasteiger partial charge in [0.05, 0.1) is 37.3 Å². The van der Waals surface area contributed by atoms with Crippen molar-refractivity contribution in [3.63, 3.8) is 0 Å². The molecule has 3 aromatic rings. The van der Waals surface area contributed by atoms with Crippen LogP contribution in [0.25, 0.3) is 0 Å². The first-order chi connectivity index (χ1) is 14.7. The summed E-state index contributed by atoms with van der Waals surface area (Å²) in [5.74, 6) is 2.36. The molecule has 4 heterocycles. The fourth-order valence-electron chi connectivity index (χ4n) is 3.79. The lowest BCUT2D eigenvalue weighted by Crippen LogP contribution is -2.38. The molecule has 0 N–H and O–H groups in total. The number of aromatic nitrogens is 2. The molecule has 8 heteroatoms. The van der Waals surface area contributed by atoms with E-state index < -0.39 is 0 Å². The van der Waals surface area contributed by atoms with Gasteiger partial charge in [-0.1, -0.05) is 0 Å². The van der Waals surface area contributed by atoms with Crippen LogP contribution in [0.3, 0.4) is 0 Å². The lowest BCUT2D eigenvalue weighted by atomic mass is 10.1. The zero-order valence-corrected chi connectivity index (χ0v) is 16.6. The van der Waals surface area contributed by atoms with Gasteiger partial charge in [-0.25, -0.2) is 9.37 Å². The summed E-state index contributed by atoms with van der Waals surface area (Å²) in [7, 11) is 0. The summed E-state index contributed by atoms with van der Waals surface area (Å²) in [6, 6.07) is 9.87. The van der Waals surface area contributed by atoms with Crippen molar-refractivity contribution in [2.75, 3.05) is 37.7 Å². The highest BCUT2D eigenvalue weighted by atomic mass is 19.1. The molecule has 0 saturated carbocycles. The van der Waals surface area contributed by atoms with Gasteiger partial charge in [-0.05, 0) is 36.4 Å². The van der Waals surface area contributed by atoms with E-state index in [4.69, 9.17) is 23.9 Å². The highest BCUT2D eigenvalue weighted by Crippen LogP contribution is 2.32. The second-order valence-electron chi connectivity index (χ2n) is 7.45. The van der Waals surface area contributed by atoms with Gasteiger partial charge in [0.1, 0.15) is 17.3 Å². The molecular formula is C22H23FN4O3. The molecular weight excluding hydrogens is 387 g/mol. The molecule has 0 bridgehead atoms. The van der Waals surface area contributed by atoms with Crippen LogP contribution in [0.2, 0.25) is 0 Å². The van der Waals surface area contributed by atoms with E-state index in [1.54, 1.807) is 18.4 Å². The minimum absolute atomic E-state index is 0.300. The Morgan fingerprint density at radius 3 is 2.63 bits per heavy atom. The number of ether oxygens (including phenoxy) is 2. The molecule has 2 aliphatic rings. The van der Waals surface area contributed by atoms with Crippen LogP contribution >= 0.6 is 0 Å². The number of hydrogen-bond donors (Lipinski definition) is 0. The molecule has 0 amide bonds. The van der Waals surface area contributed by atoms with Gasteiger partial charge in [0.2, 0.25) is 11.8 Å². The van der Waals surface area contributed by atoms with Crippen LogP contribution in [0.5, 0.6) is 11.6 Å². The molecule has 1 saturated heterocycles. The topological polar surface area (TPSA) is 63.9 Å². The van der Waals surface area contributed by atoms with Gasteiger partial charge in [0.25, 0.3) is 0 Å². The predicted octanol–water partition coefficient (Wildman–Crippen LogP) is 3.40. The third-order valence-electron chi connectivity index (χ3n) is 5.37. The van der Waals surface area contributed by atoms with Crippen LogP contribution in [0.4, 0.5) is 10.3 Å². The van der Waals surface area contributed by atoms with Crippen molar-refractivity contribution >= 4 is 5.95 Å². The summed E-state index contributed by atoms with van der Waals surface area (Å²) < 4.78 is 30.4. The monoisotopic (exact) mass is 410 g/mol. The van der Waals surface area contributed by atoms with E-state index in [2.05, 4.69) is 9.80 Å². The molecule has 156 valence electrons. The van der Waals surface area contributed by atoms with Crippen molar-refractivity contribution in [2.45, 2.75) is 19.5 Å². The predicted molar refractivity (Wildman–Crippen MR) is 108 cm³/mol. The normalized spacial score (nSPS) is 17.0. The second-order valence-corrected chi connectivity index (χ2v) is 7.45. The summed E-state index contributed by atoms with van der Waals surface area (Å²) in [4.78, 5) is 14.0. The Balaban J connectivity index is 1.46. The number of hydrogen-bond acceptors (Lipinski definition) is 7. The SMILES string of the molecule is Fc1ccc(Oc2nc(N3CCOCC3)nc3c2CN(Cc2ccco2)CC3)cc1. The fourth-order valence-corrected chi connectivity index (χ4v) is 3.79. The Labute approximate surface area is 174 Å². The average molecular weight is 410 g/mol. The Kier molecular flexibility index (Phi) is 5.33. The maximum atomic E-state index is 13.3. The number of rotatable bonds is 5. The molecule has 0 radical (unpaired) electrons. The highest BCUT2D eigenvalue weighted by Gasteiger charge is 2.26. The average Bonchev–Trinajstić information content (AvgIpc) is 3.29. The summed E-state index contributed by atoms with van der Waals surface area (Å²) in [6.45, 7) is 5.07. The van der Waals surface area contributed by atoms with Gasteiger partial charge < -0.3 is 18.8 Å². The first-order valence-corrected chi connectivity index (χ1v) is 10.2. The molecule has 30 heavy (non-hydrogen) atoms. The van der Waals surface area contributed by atoms with Gasteiger partial charge in [0, 0.05) is 32.6 Å². The number of benzene rings is 1. The number of fused-ring (bicyclic) bond motifs is 1. The first kappa shape index (κ1) is 19.0. The van der Waals surface area contributed by atoms with E-state index in [0.29, 0.717) is 43.9 Å². The summed E-state index contributed by atoms with van der Waals surface area (Å²) in [5, 5.41) is 0. The summed E-state index contributed by atoms with van der Waals surface area (Å²) >= 11 is 0. The Morgan fingerprint density at radius 2 is 1.87 bits per heavy atom. The quantitative estimate of drug-likeness (QED) is 0.639. The molecule has 5 rings (SSSR count). The Morgan fingerprint density at radius 1 is 1.03 bits per heavy atom. The van der Waals surface area contributed by atoms with E-state index in [1.165, 1.54) is 12.1 Å². The third-order valence-corrected chi connectivity index (χ3v) is 5.37. The molecule has 7 nitrogen and oxygen atoms in total. The third kappa shape index (κ3) is 4.15. The lowest BCUT2D eigenvalue weighted by Gasteiger charge is -2.31. The maximum absolute atomic E-state index is 13.3. The summed E-state index contributed by atoms with van der Waals surface area (Å²) in [6.07, 6.45) is 2.49. The van der Waals surface area contributed by atoms with Crippen molar-refractivity contribution in [1.82, 2.24) is 14.9 Å². The molecule has 0 spiro atoms. The van der Waals surface area contributed by atoms with E-state index in [0.717, 1.165) is 43.1 Å². The van der Waals surface area contributed by atoms with E-state index in [-0.39, 0.29) is 5.82 Å². The minimum Gasteiger partial charge on any atom is -0.468 e. The zero-order valence-electron chi connectivity index (χ0n) is 16.6. The van der Waals surface area contributed by atoms with E-state index >= 15 is 0 Å². The van der Waals surface area contributed by atoms with Crippen LogP contribution in [-0.4, -0.2) is 47.7 Å². The van der Waals surface area contributed by atoms with Crippen molar-refractivity contribution in [2.24, 2.45) is 0 Å². The van der Waals surface area contributed by atoms with Crippen LogP contribution in [0.1, 0.15) is 17.0 Å². The molecule has 0 atom stereocenters. The molecule has 1 fully saturated rings. The van der Waals surface area contributed by atoms with Crippen molar-refractivity contribution in [3.05, 3.63) is 65.5 Å². The standard InChI is InChI=1S/C22H23FN4O3/c23-16-3-5-17(6-4-16)30-21-19-15-26(14-18-2-1-11-29-18)8-7-20(19)24-22(25-21)27-9-12-28-13-10-27/h1-6,11H,7-10,12-15H2. The number of furan rings is 1. The number of nitrogens with zero attached hydrogens (tertiary/aromatic N) is 4. The molecule has 0 unspecified atom stereocenters. The van der Waals surface area contributed by atoms with Gasteiger partial charge in [-0.3, -0.25) is 4.90 Å². The van der Waals surface area contributed by atoms with Gasteiger partial charge in [0.15, 0.2) is 0 Å². The Bertz CT molecular complexity index is 988. The van der Waals surface area contributed by atoms with Crippen molar-refractivity contribution in [3.8, 4) is 11.6 Å². The minimum atomic E-state index is -0.300. The number of morpholine rings is 1. The van der Waals surface area contributed by atoms with Crippen molar-refractivity contribution in [1.29, 1.82) is 0 Å². The fraction of sp³-hybridized carbons (Fsp3) is 0.364. The summed E-state index contributed by atoms with van der Waals surface area (Å²) in [5.41, 5.74) is 1.97. The van der Waals surface area contributed by atoms with Crippen LogP contribution < -0.4 is 9.64 Å². The van der Waals surface area contributed by atoms with Gasteiger partial charge >= 0.3 is 0 Å². The van der Waals surface area contributed by atoms with Crippen LogP contribution in [-0.2, 0) is 24.2 Å². The maximum Gasteiger partial charge on any atom is 0.229 e. The van der Waals surface area contributed by atoms with Crippen LogP contribution in [0.15, 0.2) is 47.1 Å². The highest BCUT2D eigenvalue weighted by molar-refractivity contribution is 5.43. The second kappa shape index (κ2) is 8.41. The van der Waals surface area contributed by atoms with Gasteiger partial charge in [-0.15, -0.1) is 0 Å². The molecule has 0 aliphatic carbocycles. The zero-order chi connectivity index (χ0) is 20.3. The molecule has 2 aromatic heterocycles. The molecule has 1 aromatic carbocycles. The lowest BCUT2D eigenvalue weighted by molar-refractivity contribution is 0.122. The van der Waals surface area contributed by atoms with E-state index in [1.807, 2.05) is 12.1 Å². The van der Waals surface area contributed by atoms with Crippen molar-refractivity contribution < 1.29 is 18.3 Å². The van der Waals surface area contributed by atoms with Crippen LogP contribution in [0, 0.1) is 5.82 Å². The van der Waals surface area contributed by atoms with E-state index in [9.17, 15) is 4.39 Å². The van der Waals surface area contributed by atoms with Gasteiger partial charge in [-0.2, -0.15) is 4.98 Å². The Hall–Kier alpha value is -2.97. The smallest absolute Gasteiger partial charge is 0.229 e. The first-order valence-electron chi connectivity index (χ1n) is 10.2.